The molecule has 0 radical (unpaired) electrons. The van der Waals surface area contributed by atoms with Crippen molar-refractivity contribution in [2.24, 2.45) is 0 Å². The molecular formula is C17H25N3O. The van der Waals surface area contributed by atoms with Crippen molar-refractivity contribution in [3.8, 4) is 0 Å². The molecule has 1 aromatic carbocycles. The molecule has 0 aromatic heterocycles. The fourth-order valence-corrected chi connectivity index (χ4v) is 3.33. The van der Waals surface area contributed by atoms with Gasteiger partial charge < -0.3 is 10.6 Å². The predicted octanol–water partition coefficient (Wildman–Crippen LogP) is 2.01. The van der Waals surface area contributed by atoms with E-state index in [4.69, 9.17) is 0 Å². The highest BCUT2D eigenvalue weighted by molar-refractivity contribution is 5.96. The van der Waals surface area contributed by atoms with Gasteiger partial charge >= 0.3 is 0 Å². The van der Waals surface area contributed by atoms with E-state index in [1.54, 1.807) is 0 Å². The number of nitrogens with one attached hydrogen (secondary N) is 2. The third-order valence-electron chi connectivity index (χ3n) is 4.72. The Labute approximate surface area is 126 Å². The molecule has 2 atom stereocenters. The molecule has 1 saturated heterocycles. The van der Waals surface area contributed by atoms with Crippen molar-refractivity contribution in [2.75, 3.05) is 25.0 Å². The maximum Gasteiger partial charge on any atom is 0.241 e. The minimum atomic E-state index is -0.0811. The maximum atomic E-state index is 12.3. The quantitative estimate of drug-likeness (QED) is 0.890. The zero-order valence-corrected chi connectivity index (χ0v) is 12.8. The molecule has 114 valence electrons. The van der Waals surface area contributed by atoms with Crippen LogP contribution in [-0.2, 0) is 11.2 Å². The summed E-state index contributed by atoms with van der Waals surface area (Å²) in [6.07, 6.45) is 4.44. The van der Waals surface area contributed by atoms with E-state index >= 15 is 0 Å². The fourth-order valence-electron chi connectivity index (χ4n) is 3.33. The molecular weight excluding hydrogens is 262 g/mol. The molecule has 0 spiro atoms. The number of nitrogens with zero attached hydrogens (tertiary/aromatic N) is 1. The Morgan fingerprint density at radius 3 is 2.90 bits per heavy atom. The summed E-state index contributed by atoms with van der Waals surface area (Å²) >= 11 is 0. The van der Waals surface area contributed by atoms with E-state index < -0.39 is 0 Å². The van der Waals surface area contributed by atoms with E-state index in [1.807, 2.05) is 18.2 Å². The summed E-state index contributed by atoms with van der Waals surface area (Å²) in [7, 11) is 0. The molecule has 0 bridgehead atoms. The smallest absolute Gasteiger partial charge is 0.241 e. The van der Waals surface area contributed by atoms with Crippen molar-refractivity contribution in [1.29, 1.82) is 0 Å². The molecule has 21 heavy (non-hydrogen) atoms. The summed E-state index contributed by atoms with van der Waals surface area (Å²) in [6.45, 7) is 5.53. The van der Waals surface area contributed by atoms with Gasteiger partial charge in [0.1, 0.15) is 0 Å². The monoisotopic (exact) mass is 287 g/mol. The Morgan fingerprint density at radius 1 is 1.33 bits per heavy atom. The van der Waals surface area contributed by atoms with Crippen molar-refractivity contribution < 1.29 is 4.79 Å². The van der Waals surface area contributed by atoms with E-state index in [0.717, 1.165) is 25.1 Å². The number of likely N-dealkylation sites (tertiary alicyclic amines) is 1. The topological polar surface area (TPSA) is 44.4 Å². The molecule has 3 rings (SSSR count). The van der Waals surface area contributed by atoms with Crippen molar-refractivity contribution >= 4 is 11.6 Å². The number of hydrogen-bond acceptors (Lipinski definition) is 3. The average molecular weight is 287 g/mol. The van der Waals surface area contributed by atoms with Crippen LogP contribution in [0.2, 0.25) is 0 Å². The van der Waals surface area contributed by atoms with Gasteiger partial charge in [0, 0.05) is 18.3 Å². The fraction of sp³-hybridized carbons (Fsp3) is 0.588. The Hall–Kier alpha value is -1.39. The molecule has 0 aliphatic carbocycles. The second kappa shape index (κ2) is 6.58. The summed E-state index contributed by atoms with van der Waals surface area (Å²) < 4.78 is 0. The summed E-state index contributed by atoms with van der Waals surface area (Å²) in [5.74, 6) is 0.105. The van der Waals surface area contributed by atoms with Gasteiger partial charge in [0.15, 0.2) is 0 Å². The predicted molar refractivity (Wildman–Crippen MR) is 85.5 cm³/mol. The average Bonchev–Trinajstić information content (AvgIpc) is 2.97. The molecule has 2 unspecified atom stereocenters. The SMILES string of the molecule is CC(CNC1CCc2ccccc2NC1=O)N1CCCC1. The summed E-state index contributed by atoms with van der Waals surface area (Å²) in [4.78, 5) is 14.8. The highest BCUT2D eigenvalue weighted by Gasteiger charge is 2.25. The van der Waals surface area contributed by atoms with Crippen LogP contribution in [0.3, 0.4) is 0 Å². The zero-order chi connectivity index (χ0) is 14.7. The van der Waals surface area contributed by atoms with E-state index in [-0.39, 0.29) is 11.9 Å². The first kappa shape index (κ1) is 14.5. The van der Waals surface area contributed by atoms with E-state index in [1.165, 1.54) is 31.5 Å². The van der Waals surface area contributed by atoms with Crippen LogP contribution in [-0.4, -0.2) is 42.5 Å². The number of para-hydroxylation sites is 1. The number of benzene rings is 1. The summed E-state index contributed by atoms with van der Waals surface area (Å²) in [6, 6.07) is 8.53. The minimum Gasteiger partial charge on any atom is -0.324 e. The summed E-state index contributed by atoms with van der Waals surface area (Å²) in [5, 5.41) is 6.52. The van der Waals surface area contributed by atoms with E-state index in [2.05, 4.69) is 28.5 Å². The highest BCUT2D eigenvalue weighted by Crippen LogP contribution is 2.21. The van der Waals surface area contributed by atoms with Crippen LogP contribution < -0.4 is 10.6 Å². The van der Waals surface area contributed by atoms with Crippen LogP contribution in [0.1, 0.15) is 31.7 Å². The lowest BCUT2D eigenvalue weighted by molar-refractivity contribution is -0.118. The van der Waals surface area contributed by atoms with Gasteiger partial charge in [0.25, 0.3) is 0 Å². The van der Waals surface area contributed by atoms with Gasteiger partial charge in [-0.2, -0.15) is 0 Å². The molecule has 2 aliphatic heterocycles. The van der Waals surface area contributed by atoms with Crippen LogP contribution in [0, 0.1) is 0 Å². The molecule has 2 N–H and O–H groups in total. The first-order valence-electron chi connectivity index (χ1n) is 8.10. The Balaban J connectivity index is 1.56. The molecule has 4 nitrogen and oxygen atoms in total. The van der Waals surface area contributed by atoms with Gasteiger partial charge in [-0.3, -0.25) is 9.69 Å². The molecule has 2 heterocycles. The number of amides is 1. The van der Waals surface area contributed by atoms with Crippen LogP contribution in [0.4, 0.5) is 5.69 Å². The number of rotatable bonds is 4. The maximum absolute atomic E-state index is 12.3. The molecule has 1 amide bonds. The minimum absolute atomic E-state index is 0.0811. The molecule has 1 aromatic rings. The normalized spacial score (nSPS) is 24.2. The number of fused-ring (bicyclic) bond motifs is 1. The van der Waals surface area contributed by atoms with Crippen molar-refractivity contribution in [3.63, 3.8) is 0 Å². The van der Waals surface area contributed by atoms with Gasteiger partial charge in [-0.1, -0.05) is 18.2 Å². The van der Waals surface area contributed by atoms with E-state index in [0.29, 0.717) is 6.04 Å². The van der Waals surface area contributed by atoms with Crippen molar-refractivity contribution in [1.82, 2.24) is 10.2 Å². The number of anilines is 1. The molecule has 4 heteroatoms. The lowest BCUT2D eigenvalue weighted by Crippen LogP contribution is -2.46. The molecule has 2 aliphatic rings. The lowest BCUT2D eigenvalue weighted by Gasteiger charge is -2.26. The number of carbonyl (C=O) groups is 1. The number of carbonyl (C=O) groups excluding carboxylic acids is 1. The van der Waals surface area contributed by atoms with Crippen molar-refractivity contribution in [2.45, 2.75) is 44.7 Å². The Morgan fingerprint density at radius 2 is 2.10 bits per heavy atom. The first-order chi connectivity index (χ1) is 10.2. The highest BCUT2D eigenvalue weighted by atomic mass is 16.2. The Bertz CT molecular complexity index is 497. The van der Waals surface area contributed by atoms with Crippen molar-refractivity contribution in [3.05, 3.63) is 29.8 Å². The third-order valence-corrected chi connectivity index (χ3v) is 4.72. The third kappa shape index (κ3) is 3.44. The van der Waals surface area contributed by atoms with Crippen LogP contribution in [0.25, 0.3) is 0 Å². The molecule has 1 fully saturated rings. The van der Waals surface area contributed by atoms with Gasteiger partial charge in [0.2, 0.25) is 5.91 Å². The second-order valence-corrected chi connectivity index (χ2v) is 6.24. The van der Waals surface area contributed by atoms with Crippen LogP contribution in [0.5, 0.6) is 0 Å². The second-order valence-electron chi connectivity index (χ2n) is 6.24. The van der Waals surface area contributed by atoms with Gasteiger partial charge in [-0.15, -0.1) is 0 Å². The van der Waals surface area contributed by atoms with Crippen LogP contribution in [0.15, 0.2) is 24.3 Å². The largest absolute Gasteiger partial charge is 0.324 e. The lowest BCUT2D eigenvalue weighted by atomic mass is 10.1. The van der Waals surface area contributed by atoms with Gasteiger partial charge in [-0.25, -0.2) is 0 Å². The van der Waals surface area contributed by atoms with E-state index in [9.17, 15) is 4.79 Å². The zero-order valence-electron chi connectivity index (χ0n) is 12.8. The summed E-state index contributed by atoms with van der Waals surface area (Å²) in [5.41, 5.74) is 2.21. The Kier molecular flexibility index (Phi) is 4.56. The number of hydrogen-bond donors (Lipinski definition) is 2. The van der Waals surface area contributed by atoms with Gasteiger partial charge in [0.05, 0.1) is 6.04 Å². The standard InChI is InChI=1S/C17H25N3O/c1-13(20-10-4-5-11-20)12-18-16-9-8-14-6-2-3-7-15(14)19-17(16)21/h2-3,6-7,13,16,18H,4-5,8-12H2,1H3,(H,19,21). The number of aryl methyl sites for hydroxylation is 1. The van der Waals surface area contributed by atoms with Crippen LogP contribution >= 0.6 is 0 Å². The molecule has 0 saturated carbocycles. The first-order valence-corrected chi connectivity index (χ1v) is 8.10. The van der Waals surface area contributed by atoms with Gasteiger partial charge in [-0.05, 0) is 57.3 Å².